The van der Waals surface area contributed by atoms with E-state index in [0.717, 1.165) is 6.29 Å². The second kappa shape index (κ2) is 4.68. The van der Waals surface area contributed by atoms with Gasteiger partial charge in [-0.05, 0) is 25.5 Å². The Morgan fingerprint density at radius 2 is 1.90 bits per heavy atom. The molecule has 54 valence electrons. The summed E-state index contributed by atoms with van der Waals surface area (Å²) in [6.07, 6.45) is 5.30. The molecule has 0 unspecified atom stereocenters. The van der Waals surface area contributed by atoms with E-state index in [2.05, 4.69) is 0 Å². The van der Waals surface area contributed by atoms with Crippen molar-refractivity contribution in [3.8, 4) is 0 Å². The van der Waals surface area contributed by atoms with Gasteiger partial charge in [0, 0.05) is 0 Å². The molecule has 0 bridgehead atoms. The van der Waals surface area contributed by atoms with Crippen molar-refractivity contribution in [1.82, 2.24) is 0 Å². The Balaban J connectivity index is 3.93. The average Bonchev–Trinajstić information content (AvgIpc) is 1.87. The standard InChI is InChI=1S/C8H10O2/c1-7(6-9)4-3-5-8(2)10/h3-6H,1-2H3. The van der Waals surface area contributed by atoms with Crippen molar-refractivity contribution in [3.05, 3.63) is 23.8 Å². The summed E-state index contributed by atoms with van der Waals surface area (Å²) in [5, 5.41) is 0. The number of aldehydes is 1. The number of hydrogen-bond donors (Lipinski definition) is 0. The Kier molecular flexibility index (Phi) is 4.12. The van der Waals surface area contributed by atoms with Crippen LogP contribution in [0.25, 0.3) is 0 Å². The van der Waals surface area contributed by atoms with E-state index in [4.69, 9.17) is 0 Å². The first kappa shape index (κ1) is 8.82. The van der Waals surface area contributed by atoms with Crippen molar-refractivity contribution >= 4 is 12.1 Å². The van der Waals surface area contributed by atoms with E-state index in [9.17, 15) is 9.59 Å². The molecule has 0 heterocycles. The van der Waals surface area contributed by atoms with Gasteiger partial charge in [-0.3, -0.25) is 9.59 Å². The summed E-state index contributed by atoms with van der Waals surface area (Å²) in [4.78, 5) is 20.3. The molecule has 0 aromatic carbocycles. The zero-order valence-electron chi connectivity index (χ0n) is 6.13. The first-order valence-corrected chi connectivity index (χ1v) is 2.97. The zero-order valence-corrected chi connectivity index (χ0v) is 6.13. The molecule has 2 nitrogen and oxygen atoms in total. The maximum atomic E-state index is 10.3. The van der Waals surface area contributed by atoms with Crippen molar-refractivity contribution in [3.63, 3.8) is 0 Å². The van der Waals surface area contributed by atoms with Gasteiger partial charge in [0.1, 0.15) is 6.29 Å². The number of allylic oxidation sites excluding steroid dienone is 4. The second-order valence-electron chi connectivity index (χ2n) is 2.00. The van der Waals surface area contributed by atoms with Gasteiger partial charge >= 0.3 is 0 Å². The highest BCUT2D eigenvalue weighted by atomic mass is 16.1. The number of hydrogen-bond acceptors (Lipinski definition) is 2. The molecule has 0 N–H and O–H groups in total. The van der Waals surface area contributed by atoms with Crippen molar-refractivity contribution in [1.29, 1.82) is 0 Å². The van der Waals surface area contributed by atoms with Crippen LogP contribution in [-0.4, -0.2) is 12.1 Å². The SMILES string of the molecule is CC(=O)C=CC=C(C)C=O. The number of rotatable bonds is 3. The Labute approximate surface area is 60.2 Å². The first-order chi connectivity index (χ1) is 4.66. The van der Waals surface area contributed by atoms with Gasteiger partial charge < -0.3 is 0 Å². The summed E-state index contributed by atoms with van der Waals surface area (Å²) in [7, 11) is 0. The van der Waals surface area contributed by atoms with Crippen molar-refractivity contribution < 1.29 is 9.59 Å². The van der Waals surface area contributed by atoms with Crippen LogP contribution in [0.4, 0.5) is 0 Å². The van der Waals surface area contributed by atoms with E-state index in [1.165, 1.54) is 13.0 Å². The molecule has 0 rings (SSSR count). The lowest BCUT2D eigenvalue weighted by molar-refractivity contribution is -0.112. The third-order valence-electron chi connectivity index (χ3n) is 0.876. The smallest absolute Gasteiger partial charge is 0.152 e. The van der Waals surface area contributed by atoms with E-state index in [0.29, 0.717) is 5.57 Å². The van der Waals surface area contributed by atoms with E-state index in [-0.39, 0.29) is 5.78 Å². The quantitative estimate of drug-likeness (QED) is 0.334. The first-order valence-electron chi connectivity index (χ1n) is 2.97. The van der Waals surface area contributed by atoms with Gasteiger partial charge in [-0.15, -0.1) is 0 Å². The van der Waals surface area contributed by atoms with E-state index in [1.54, 1.807) is 19.1 Å². The lowest BCUT2D eigenvalue weighted by Crippen LogP contribution is -1.79. The molecule has 0 aliphatic rings. The molecule has 10 heavy (non-hydrogen) atoms. The van der Waals surface area contributed by atoms with Crippen LogP contribution in [0.5, 0.6) is 0 Å². The van der Waals surface area contributed by atoms with Gasteiger partial charge in [-0.25, -0.2) is 0 Å². The minimum Gasteiger partial charge on any atom is -0.298 e. The van der Waals surface area contributed by atoms with Crippen LogP contribution < -0.4 is 0 Å². The molecular formula is C8H10O2. The molecule has 0 fully saturated rings. The molecule has 0 amide bonds. The van der Waals surface area contributed by atoms with Gasteiger partial charge in [-0.2, -0.15) is 0 Å². The highest BCUT2D eigenvalue weighted by Gasteiger charge is 1.80. The van der Waals surface area contributed by atoms with Crippen molar-refractivity contribution in [2.24, 2.45) is 0 Å². The molecule has 0 spiro atoms. The summed E-state index contributed by atoms with van der Waals surface area (Å²) < 4.78 is 0. The fourth-order valence-corrected chi connectivity index (χ4v) is 0.375. The minimum absolute atomic E-state index is 0.0186. The number of ketones is 1. The lowest BCUT2D eigenvalue weighted by Gasteiger charge is -1.79. The summed E-state index contributed by atoms with van der Waals surface area (Å²) in [5.41, 5.74) is 0.609. The van der Waals surface area contributed by atoms with Crippen LogP contribution in [0.1, 0.15) is 13.8 Å². The molecule has 0 radical (unpaired) electrons. The molecule has 0 aromatic heterocycles. The molecule has 0 saturated carbocycles. The fourth-order valence-electron chi connectivity index (χ4n) is 0.375. The van der Waals surface area contributed by atoms with Crippen molar-refractivity contribution in [2.45, 2.75) is 13.8 Å². The maximum Gasteiger partial charge on any atom is 0.152 e. The number of carbonyl (C=O) groups excluding carboxylic acids is 2. The van der Waals surface area contributed by atoms with Crippen LogP contribution in [0.3, 0.4) is 0 Å². The lowest BCUT2D eigenvalue weighted by atomic mass is 10.3. The Morgan fingerprint density at radius 1 is 1.30 bits per heavy atom. The van der Waals surface area contributed by atoms with Gasteiger partial charge in [0.05, 0.1) is 0 Å². The number of carbonyl (C=O) groups is 2. The third kappa shape index (κ3) is 4.97. The summed E-state index contributed by atoms with van der Waals surface area (Å²) in [6, 6.07) is 0. The van der Waals surface area contributed by atoms with Crippen LogP contribution in [0.15, 0.2) is 23.8 Å². The van der Waals surface area contributed by atoms with Gasteiger partial charge in [0.25, 0.3) is 0 Å². The minimum atomic E-state index is -0.0186. The van der Waals surface area contributed by atoms with E-state index < -0.39 is 0 Å². The van der Waals surface area contributed by atoms with E-state index >= 15 is 0 Å². The normalized spacial score (nSPS) is 12.0. The zero-order chi connectivity index (χ0) is 7.98. The Hall–Kier alpha value is -1.18. The Morgan fingerprint density at radius 3 is 2.30 bits per heavy atom. The molecule has 2 heteroatoms. The molecule has 0 aromatic rings. The monoisotopic (exact) mass is 138 g/mol. The highest BCUT2D eigenvalue weighted by molar-refractivity contribution is 5.87. The third-order valence-corrected chi connectivity index (χ3v) is 0.876. The molecule has 0 aliphatic carbocycles. The van der Waals surface area contributed by atoms with Crippen LogP contribution in [-0.2, 0) is 9.59 Å². The highest BCUT2D eigenvalue weighted by Crippen LogP contribution is 1.86. The van der Waals surface area contributed by atoms with Gasteiger partial charge in [-0.1, -0.05) is 12.2 Å². The van der Waals surface area contributed by atoms with E-state index in [1.807, 2.05) is 0 Å². The predicted octanol–water partition coefficient (Wildman–Crippen LogP) is 1.28. The van der Waals surface area contributed by atoms with Crippen LogP contribution in [0, 0.1) is 0 Å². The summed E-state index contributed by atoms with van der Waals surface area (Å²) in [6.45, 7) is 3.14. The predicted molar refractivity (Wildman–Crippen MR) is 39.6 cm³/mol. The van der Waals surface area contributed by atoms with Gasteiger partial charge in [0.2, 0.25) is 0 Å². The summed E-state index contributed by atoms with van der Waals surface area (Å²) >= 11 is 0. The fraction of sp³-hybridized carbons (Fsp3) is 0.250. The summed E-state index contributed by atoms with van der Waals surface area (Å²) in [5.74, 6) is -0.0186. The molecule has 0 saturated heterocycles. The van der Waals surface area contributed by atoms with Crippen LogP contribution in [0.2, 0.25) is 0 Å². The Bertz CT molecular complexity index is 187. The molecular weight excluding hydrogens is 128 g/mol. The van der Waals surface area contributed by atoms with Gasteiger partial charge in [0.15, 0.2) is 5.78 Å². The molecule has 0 aliphatic heterocycles. The second-order valence-corrected chi connectivity index (χ2v) is 2.00. The van der Waals surface area contributed by atoms with Crippen LogP contribution >= 0.6 is 0 Å². The maximum absolute atomic E-state index is 10.3. The average molecular weight is 138 g/mol. The van der Waals surface area contributed by atoms with Crippen molar-refractivity contribution in [2.75, 3.05) is 0 Å². The largest absolute Gasteiger partial charge is 0.298 e. The topological polar surface area (TPSA) is 34.1 Å². The molecule has 0 atom stereocenters.